The first kappa shape index (κ1) is 17.8. The molecule has 2 amide bonds. The van der Waals surface area contributed by atoms with Crippen molar-refractivity contribution >= 4 is 23.2 Å². The summed E-state index contributed by atoms with van der Waals surface area (Å²) in [5.74, 6) is -0.100. The minimum Gasteiger partial charge on any atom is -0.378 e. The van der Waals surface area contributed by atoms with Crippen LogP contribution in [-0.4, -0.2) is 43.4 Å². The van der Waals surface area contributed by atoms with Crippen molar-refractivity contribution in [2.24, 2.45) is 5.41 Å². The zero-order valence-electron chi connectivity index (χ0n) is 15.5. The van der Waals surface area contributed by atoms with Gasteiger partial charge in [0.1, 0.15) is 5.41 Å². The Labute approximate surface area is 150 Å². The first-order valence-electron chi connectivity index (χ1n) is 9.38. The predicted octanol–water partition coefficient (Wildman–Crippen LogP) is 3.26. The van der Waals surface area contributed by atoms with Gasteiger partial charge in [-0.3, -0.25) is 9.59 Å². The second-order valence-electron chi connectivity index (χ2n) is 7.53. The van der Waals surface area contributed by atoms with Gasteiger partial charge in [0.2, 0.25) is 11.8 Å². The summed E-state index contributed by atoms with van der Waals surface area (Å²) in [6.07, 6.45) is 5.59. The van der Waals surface area contributed by atoms with E-state index in [0.29, 0.717) is 18.9 Å². The van der Waals surface area contributed by atoms with Gasteiger partial charge in [-0.1, -0.05) is 6.92 Å². The van der Waals surface area contributed by atoms with E-state index < -0.39 is 5.41 Å². The standard InChI is InChI=1S/C20H29N3O2/c1-4-16-7-5-6-14-23(16)19(25)20(12-13-20)18(24)21-15-8-10-17(11-9-15)22(2)3/h8-11,16H,4-7,12-14H2,1-3H3,(H,21,24). The molecule has 5 nitrogen and oxygen atoms in total. The maximum Gasteiger partial charge on any atom is 0.240 e. The zero-order valence-corrected chi connectivity index (χ0v) is 15.5. The number of amides is 2. The van der Waals surface area contributed by atoms with Crippen molar-refractivity contribution in [3.8, 4) is 0 Å². The lowest BCUT2D eigenvalue weighted by atomic mass is 9.95. The Morgan fingerprint density at radius 1 is 1.20 bits per heavy atom. The van der Waals surface area contributed by atoms with Crippen LogP contribution in [0.1, 0.15) is 45.4 Å². The highest BCUT2D eigenvalue weighted by Gasteiger charge is 2.58. The summed E-state index contributed by atoms with van der Waals surface area (Å²) in [5.41, 5.74) is 1.00. The van der Waals surface area contributed by atoms with Gasteiger partial charge in [-0.15, -0.1) is 0 Å². The number of hydrogen-bond donors (Lipinski definition) is 1. The molecule has 1 atom stereocenters. The summed E-state index contributed by atoms with van der Waals surface area (Å²) in [7, 11) is 3.96. The van der Waals surface area contributed by atoms with E-state index in [0.717, 1.165) is 37.2 Å². The van der Waals surface area contributed by atoms with Gasteiger partial charge in [-0.05, 0) is 62.8 Å². The van der Waals surface area contributed by atoms with E-state index in [2.05, 4.69) is 12.2 Å². The van der Waals surface area contributed by atoms with Crippen molar-refractivity contribution in [3.05, 3.63) is 24.3 Å². The summed E-state index contributed by atoms with van der Waals surface area (Å²) >= 11 is 0. The molecule has 1 unspecified atom stereocenters. The maximum atomic E-state index is 13.1. The molecule has 1 aliphatic carbocycles. The Hall–Kier alpha value is -2.04. The van der Waals surface area contributed by atoms with Crippen LogP contribution in [0.15, 0.2) is 24.3 Å². The average Bonchev–Trinajstić information content (AvgIpc) is 3.43. The van der Waals surface area contributed by atoms with E-state index in [1.165, 1.54) is 6.42 Å². The van der Waals surface area contributed by atoms with Crippen LogP contribution in [0, 0.1) is 5.41 Å². The highest BCUT2D eigenvalue weighted by atomic mass is 16.2. The normalized spacial score (nSPS) is 21.6. The lowest BCUT2D eigenvalue weighted by Crippen LogP contribution is -2.49. The molecule has 2 aliphatic rings. The van der Waals surface area contributed by atoms with Crippen LogP contribution < -0.4 is 10.2 Å². The molecule has 0 spiro atoms. The van der Waals surface area contributed by atoms with E-state index in [4.69, 9.17) is 0 Å². The molecule has 1 aromatic rings. The van der Waals surface area contributed by atoms with Crippen molar-refractivity contribution < 1.29 is 9.59 Å². The molecule has 1 heterocycles. The number of nitrogens with zero attached hydrogens (tertiary/aromatic N) is 2. The lowest BCUT2D eigenvalue weighted by Gasteiger charge is -2.37. The van der Waals surface area contributed by atoms with Crippen LogP contribution in [0.25, 0.3) is 0 Å². The Morgan fingerprint density at radius 3 is 2.44 bits per heavy atom. The first-order chi connectivity index (χ1) is 12.0. The third-order valence-corrected chi connectivity index (χ3v) is 5.59. The minimum absolute atomic E-state index is 0.0430. The fourth-order valence-electron chi connectivity index (χ4n) is 3.72. The highest BCUT2D eigenvalue weighted by Crippen LogP contribution is 2.49. The quantitative estimate of drug-likeness (QED) is 0.835. The van der Waals surface area contributed by atoms with Gasteiger partial charge in [0.15, 0.2) is 0 Å². The second-order valence-corrected chi connectivity index (χ2v) is 7.53. The Bertz CT molecular complexity index is 635. The monoisotopic (exact) mass is 343 g/mol. The van der Waals surface area contributed by atoms with Crippen molar-refractivity contribution in [2.75, 3.05) is 30.9 Å². The largest absolute Gasteiger partial charge is 0.378 e. The van der Waals surface area contributed by atoms with E-state index in [9.17, 15) is 9.59 Å². The van der Waals surface area contributed by atoms with E-state index in [1.54, 1.807) is 0 Å². The lowest BCUT2D eigenvalue weighted by molar-refractivity contribution is -0.145. The number of anilines is 2. The third kappa shape index (κ3) is 3.51. The Morgan fingerprint density at radius 2 is 1.88 bits per heavy atom. The molecular formula is C20H29N3O2. The molecule has 0 bridgehead atoms. The molecule has 3 rings (SSSR count). The molecule has 1 aliphatic heterocycles. The van der Waals surface area contributed by atoms with Crippen molar-refractivity contribution in [1.82, 2.24) is 4.90 Å². The van der Waals surface area contributed by atoms with Crippen molar-refractivity contribution in [3.63, 3.8) is 0 Å². The molecule has 136 valence electrons. The molecule has 5 heteroatoms. The zero-order chi connectivity index (χ0) is 18.0. The van der Waals surface area contributed by atoms with Crippen LogP contribution in [0.5, 0.6) is 0 Å². The molecule has 25 heavy (non-hydrogen) atoms. The van der Waals surface area contributed by atoms with Gasteiger partial charge in [0.05, 0.1) is 0 Å². The third-order valence-electron chi connectivity index (χ3n) is 5.59. The smallest absolute Gasteiger partial charge is 0.240 e. The van der Waals surface area contributed by atoms with Crippen LogP contribution in [0.4, 0.5) is 11.4 Å². The molecular weight excluding hydrogens is 314 g/mol. The summed E-state index contributed by atoms with van der Waals surface area (Å²) in [4.78, 5) is 29.9. The fourth-order valence-corrected chi connectivity index (χ4v) is 3.72. The number of piperidine rings is 1. The molecule has 2 fully saturated rings. The first-order valence-corrected chi connectivity index (χ1v) is 9.38. The fraction of sp³-hybridized carbons (Fsp3) is 0.600. The van der Waals surface area contributed by atoms with Crippen LogP contribution >= 0.6 is 0 Å². The van der Waals surface area contributed by atoms with Crippen LogP contribution in [-0.2, 0) is 9.59 Å². The van der Waals surface area contributed by atoms with Crippen molar-refractivity contribution in [2.45, 2.75) is 51.5 Å². The number of likely N-dealkylation sites (tertiary alicyclic amines) is 1. The number of rotatable bonds is 5. The molecule has 1 saturated heterocycles. The van der Waals surface area contributed by atoms with Gasteiger partial charge in [0, 0.05) is 38.1 Å². The van der Waals surface area contributed by atoms with Crippen LogP contribution in [0.3, 0.4) is 0 Å². The molecule has 1 aromatic carbocycles. The van der Waals surface area contributed by atoms with Gasteiger partial charge in [-0.25, -0.2) is 0 Å². The van der Waals surface area contributed by atoms with Crippen LogP contribution in [0.2, 0.25) is 0 Å². The topological polar surface area (TPSA) is 52.7 Å². The number of benzene rings is 1. The highest BCUT2D eigenvalue weighted by molar-refractivity contribution is 6.13. The van der Waals surface area contributed by atoms with Crippen molar-refractivity contribution in [1.29, 1.82) is 0 Å². The summed E-state index contributed by atoms with van der Waals surface area (Å²) in [6.45, 7) is 2.92. The minimum atomic E-state index is -0.828. The summed E-state index contributed by atoms with van der Waals surface area (Å²) < 4.78 is 0. The van der Waals surface area contributed by atoms with E-state index >= 15 is 0 Å². The summed E-state index contributed by atoms with van der Waals surface area (Å²) in [5, 5.41) is 2.96. The Kier molecular flexibility index (Phi) is 5.02. The SMILES string of the molecule is CCC1CCCCN1C(=O)C1(C(=O)Nc2ccc(N(C)C)cc2)CC1. The molecule has 0 radical (unpaired) electrons. The number of hydrogen-bond acceptors (Lipinski definition) is 3. The number of nitrogens with one attached hydrogen (secondary N) is 1. The van der Waals surface area contributed by atoms with Gasteiger partial charge in [0.25, 0.3) is 0 Å². The average molecular weight is 343 g/mol. The van der Waals surface area contributed by atoms with Gasteiger partial charge >= 0.3 is 0 Å². The van der Waals surface area contributed by atoms with Gasteiger partial charge in [-0.2, -0.15) is 0 Å². The Balaban J connectivity index is 1.69. The maximum absolute atomic E-state index is 13.1. The molecule has 1 N–H and O–H groups in total. The van der Waals surface area contributed by atoms with Gasteiger partial charge < -0.3 is 15.1 Å². The number of carbonyl (C=O) groups is 2. The van der Waals surface area contributed by atoms with E-state index in [1.807, 2.05) is 48.2 Å². The summed E-state index contributed by atoms with van der Waals surface area (Å²) in [6, 6.07) is 8.02. The van der Waals surface area contributed by atoms with E-state index in [-0.39, 0.29) is 11.8 Å². The molecule has 1 saturated carbocycles. The molecule has 0 aromatic heterocycles. The second kappa shape index (κ2) is 7.06. The predicted molar refractivity (Wildman–Crippen MR) is 101 cm³/mol. The number of carbonyl (C=O) groups excluding carboxylic acids is 2.